The summed E-state index contributed by atoms with van der Waals surface area (Å²) < 4.78 is 0. The lowest BCUT2D eigenvalue weighted by Gasteiger charge is -2.06. The third-order valence-electron chi connectivity index (χ3n) is 2.82. The van der Waals surface area contributed by atoms with Gasteiger partial charge in [-0.1, -0.05) is 12.1 Å². The topological polar surface area (TPSA) is 54.0 Å². The molecule has 0 saturated carbocycles. The fourth-order valence-corrected chi connectivity index (χ4v) is 3.08. The number of aryl methyl sites for hydroxylation is 1. The molecule has 0 bridgehead atoms. The molecule has 0 saturated heterocycles. The summed E-state index contributed by atoms with van der Waals surface area (Å²) in [5.41, 5.74) is 2.76. The molecule has 0 fully saturated rings. The van der Waals surface area contributed by atoms with E-state index in [9.17, 15) is 4.79 Å². The highest BCUT2D eigenvalue weighted by molar-refractivity contribution is 7.14. The summed E-state index contributed by atoms with van der Waals surface area (Å²) in [7, 11) is 0. The molecule has 0 unspecified atom stereocenters. The molecule has 0 aliphatic rings. The second-order valence-electron chi connectivity index (χ2n) is 4.39. The normalized spacial score (nSPS) is 10.3. The largest absolute Gasteiger partial charge is 0.324 e. The van der Waals surface area contributed by atoms with Crippen LogP contribution in [0.5, 0.6) is 0 Å². The lowest BCUT2D eigenvalue weighted by atomic mass is 10.1. The fourth-order valence-electron chi connectivity index (χ4n) is 1.84. The van der Waals surface area contributed by atoms with Crippen LogP contribution < -0.4 is 10.6 Å². The average Bonchev–Trinajstić information content (AvgIpc) is 3.11. The first-order valence-corrected chi connectivity index (χ1v) is 8.11. The van der Waals surface area contributed by atoms with Crippen LogP contribution in [0.4, 0.5) is 15.5 Å². The van der Waals surface area contributed by atoms with Crippen molar-refractivity contribution >= 4 is 39.4 Å². The molecule has 0 radical (unpaired) electrons. The van der Waals surface area contributed by atoms with Crippen LogP contribution in [-0.4, -0.2) is 11.0 Å². The molecule has 1 aromatic carbocycles. The Morgan fingerprint density at radius 1 is 1.10 bits per heavy atom. The van der Waals surface area contributed by atoms with Crippen molar-refractivity contribution in [2.45, 2.75) is 6.92 Å². The first-order valence-electron chi connectivity index (χ1n) is 6.35. The Bertz CT molecular complexity index is 733. The van der Waals surface area contributed by atoms with Gasteiger partial charge in [-0.25, -0.2) is 9.78 Å². The first kappa shape index (κ1) is 13.8. The summed E-state index contributed by atoms with van der Waals surface area (Å²) in [6, 6.07) is 11.2. The van der Waals surface area contributed by atoms with Crippen molar-refractivity contribution in [2.24, 2.45) is 0 Å². The molecule has 3 aromatic rings. The number of aromatic nitrogens is 1. The van der Waals surface area contributed by atoms with E-state index in [-0.39, 0.29) is 6.03 Å². The van der Waals surface area contributed by atoms with Gasteiger partial charge in [0.2, 0.25) is 0 Å². The number of thiophene rings is 1. The molecule has 21 heavy (non-hydrogen) atoms. The number of amides is 2. The number of nitrogens with zero attached hydrogens (tertiary/aromatic N) is 1. The second kappa shape index (κ2) is 6.07. The van der Waals surface area contributed by atoms with Gasteiger partial charge in [0, 0.05) is 16.6 Å². The third-order valence-corrected chi connectivity index (χ3v) is 4.37. The van der Waals surface area contributed by atoms with E-state index in [1.165, 1.54) is 11.3 Å². The van der Waals surface area contributed by atoms with Gasteiger partial charge in [0.1, 0.15) is 0 Å². The van der Waals surface area contributed by atoms with Crippen LogP contribution in [-0.2, 0) is 0 Å². The predicted octanol–water partition coefficient (Wildman–Crippen LogP) is 4.82. The quantitative estimate of drug-likeness (QED) is 0.727. The number of hydrogen-bond acceptors (Lipinski definition) is 4. The van der Waals surface area contributed by atoms with Crippen molar-refractivity contribution < 1.29 is 4.79 Å². The van der Waals surface area contributed by atoms with Gasteiger partial charge in [-0.2, -0.15) is 0 Å². The Morgan fingerprint density at radius 3 is 2.52 bits per heavy atom. The van der Waals surface area contributed by atoms with Crippen molar-refractivity contribution in [3.05, 3.63) is 52.2 Å². The van der Waals surface area contributed by atoms with Crippen LogP contribution >= 0.6 is 22.7 Å². The zero-order valence-corrected chi connectivity index (χ0v) is 12.9. The van der Waals surface area contributed by atoms with Crippen LogP contribution in [0.15, 0.2) is 47.2 Å². The van der Waals surface area contributed by atoms with Crippen molar-refractivity contribution in [1.82, 2.24) is 4.98 Å². The highest BCUT2D eigenvalue weighted by Crippen LogP contribution is 2.23. The summed E-state index contributed by atoms with van der Waals surface area (Å²) in [5, 5.41) is 11.4. The predicted molar refractivity (Wildman–Crippen MR) is 89.2 cm³/mol. The van der Waals surface area contributed by atoms with E-state index >= 15 is 0 Å². The van der Waals surface area contributed by atoms with Gasteiger partial charge >= 0.3 is 6.03 Å². The summed E-state index contributed by atoms with van der Waals surface area (Å²) in [6.07, 6.45) is 0. The number of urea groups is 1. The number of rotatable bonds is 3. The van der Waals surface area contributed by atoms with Crippen LogP contribution in [0.25, 0.3) is 11.3 Å². The SMILES string of the molecule is Cc1nc(-c2ccc(NC(=O)Nc3cccs3)cc2)cs1. The lowest BCUT2D eigenvalue weighted by Crippen LogP contribution is -2.18. The first-order chi connectivity index (χ1) is 10.2. The Balaban J connectivity index is 1.65. The molecule has 0 aliphatic heterocycles. The lowest BCUT2D eigenvalue weighted by molar-refractivity contribution is 0.262. The molecule has 3 rings (SSSR count). The Morgan fingerprint density at radius 2 is 1.90 bits per heavy atom. The van der Waals surface area contributed by atoms with Gasteiger partial charge in [-0.3, -0.25) is 5.32 Å². The van der Waals surface area contributed by atoms with Crippen molar-refractivity contribution in [2.75, 3.05) is 10.6 Å². The van der Waals surface area contributed by atoms with E-state index in [4.69, 9.17) is 0 Å². The smallest absolute Gasteiger partial charge is 0.308 e. The summed E-state index contributed by atoms with van der Waals surface area (Å²) in [4.78, 5) is 16.3. The van der Waals surface area contributed by atoms with E-state index < -0.39 is 0 Å². The van der Waals surface area contributed by atoms with E-state index in [1.807, 2.05) is 54.1 Å². The number of benzene rings is 1. The van der Waals surface area contributed by atoms with Crippen molar-refractivity contribution in [1.29, 1.82) is 0 Å². The maximum absolute atomic E-state index is 11.8. The molecule has 0 atom stereocenters. The molecule has 6 heteroatoms. The number of carbonyl (C=O) groups is 1. The zero-order valence-electron chi connectivity index (χ0n) is 11.3. The molecular formula is C15H13N3OS2. The van der Waals surface area contributed by atoms with Gasteiger partial charge in [0.25, 0.3) is 0 Å². The van der Waals surface area contributed by atoms with Crippen LogP contribution in [0.2, 0.25) is 0 Å². The Kier molecular flexibility index (Phi) is 3.98. The van der Waals surface area contributed by atoms with Gasteiger partial charge in [-0.15, -0.1) is 22.7 Å². The molecule has 2 amide bonds. The second-order valence-corrected chi connectivity index (χ2v) is 6.40. The zero-order chi connectivity index (χ0) is 14.7. The van der Waals surface area contributed by atoms with E-state index in [0.717, 1.165) is 27.0 Å². The molecular weight excluding hydrogens is 302 g/mol. The minimum absolute atomic E-state index is 0.241. The maximum Gasteiger partial charge on any atom is 0.324 e. The number of anilines is 2. The highest BCUT2D eigenvalue weighted by Gasteiger charge is 2.05. The van der Waals surface area contributed by atoms with Crippen LogP contribution in [0.1, 0.15) is 5.01 Å². The Hall–Kier alpha value is -2.18. The van der Waals surface area contributed by atoms with Crippen molar-refractivity contribution in [3.8, 4) is 11.3 Å². The minimum atomic E-state index is -0.241. The molecule has 2 heterocycles. The number of nitrogens with one attached hydrogen (secondary N) is 2. The molecule has 4 nitrogen and oxygen atoms in total. The van der Waals surface area contributed by atoms with Gasteiger partial charge in [0.05, 0.1) is 15.7 Å². The van der Waals surface area contributed by atoms with Crippen molar-refractivity contribution in [3.63, 3.8) is 0 Å². The van der Waals surface area contributed by atoms with E-state index in [0.29, 0.717) is 0 Å². The van der Waals surface area contributed by atoms with Gasteiger partial charge in [0.15, 0.2) is 0 Å². The standard InChI is InChI=1S/C15H13N3OS2/c1-10-16-13(9-21-10)11-4-6-12(7-5-11)17-15(19)18-14-3-2-8-20-14/h2-9H,1H3,(H2,17,18,19). The van der Waals surface area contributed by atoms with E-state index in [2.05, 4.69) is 15.6 Å². The average molecular weight is 315 g/mol. The highest BCUT2D eigenvalue weighted by atomic mass is 32.1. The van der Waals surface area contributed by atoms with Gasteiger partial charge in [-0.05, 0) is 36.6 Å². The summed E-state index contributed by atoms with van der Waals surface area (Å²) in [5.74, 6) is 0. The number of hydrogen-bond donors (Lipinski definition) is 2. The van der Waals surface area contributed by atoms with Crippen LogP contribution in [0.3, 0.4) is 0 Å². The molecule has 2 aromatic heterocycles. The minimum Gasteiger partial charge on any atom is -0.308 e. The molecule has 0 spiro atoms. The van der Waals surface area contributed by atoms with Crippen LogP contribution in [0, 0.1) is 6.92 Å². The molecule has 2 N–H and O–H groups in total. The monoisotopic (exact) mass is 315 g/mol. The van der Waals surface area contributed by atoms with Gasteiger partial charge < -0.3 is 5.32 Å². The van der Waals surface area contributed by atoms with E-state index in [1.54, 1.807) is 11.3 Å². The fraction of sp³-hybridized carbons (Fsp3) is 0.0667. The molecule has 0 aliphatic carbocycles. The number of carbonyl (C=O) groups excluding carboxylic acids is 1. The summed E-state index contributed by atoms with van der Waals surface area (Å²) >= 11 is 3.11. The summed E-state index contributed by atoms with van der Waals surface area (Å²) in [6.45, 7) is 1.99. The maximum atomic E-state index is 11.8. The third kappa shape index (κ3) is 3.48. The number of thiazole rings is 1. The molecule has 106 valence electrons. The Labute approximate surface area is 130 Å².